The number of hydrogen-bond acceptors (Lipinski definition) is 4. The lowest BCUT2D eigenvalue weighted by atomic mass is 10.2. The van der Waals surface area contributed by atoms with E-state index in [1.54, 1.807) is 6.07 Å². The van der Waals surface area contributed by atoms with Crippen LogP contribution >= 0.6 is 15.9 Å². The Kier molecular flexibility index (Phi) is 3.38. The van der Waals surface area contributed by atoms with Crippen molar-refractivity contribution in [2.75, 3.05) is 5.73 Å². The average Bonchev–Trinajstić information content (AvgIpc) is 2.91. The van der Waals surface area contributed by atoms with E-state index in [0.29, 0.717) is 21.5 Å². The van der Waals surface area contributed by atoms with Gasteiger partial charge in [0.15, 0.2) is 5.82 Å². The smallest absolute Gasteiger partial charge is 0.187 e. The lowest BCUT2D eigenvalue weighted by Gasteiger charge is -2.07. The average molecular weight is 352 g/mol. The maximum atomic E-state index is 13.6. The van der Waals surface area contributed by atoms with Crippen molar-refractivity contribution in [1.82, 2.24) is 20.2 Å². The van der Waals surface area contributed by atoms with Crippen molar-refractivity contribution < 1.29 is 8.78 Å². The predicted octanol–water partition coefficient (Wildman–Crippen LogP) is 2.95. The van der Waals surface area contributed by atoms with Gasteiger partial charge in [0.2, 0.25) is 0 Å². The summed E-state index contributed by atoms with van der Waals surface area (Å²) in [5, 5.41) is 11.3. The second kappa shape index (κ2) is 5.21. The summed E-state index contributed by atoms with van der Waals surface area (Å²) < 4.78 is 28.6. The third-order valence-electron chi connectivity index (χ3n) is 2.87. The molecule has 2 aromatic carbocycles. The number of halogens is 3. The molecule has 0 fully saturated rings. The van der Waals surface area contributed by atoms with Gasteiger partial charge in [-0.15, -0.1) is 5.10 Å². The maximum Gasteiger partial charge on any atom is 0.187 e. The molecule has 0 unspecified atom stereocenters. The molecule has 21 heavy (non-hydrogen) atoms. The fourth-order valence-electron chi connectivity index (χ4n) is 1.85. The van der Waals surface area contributed by atoms with Crippen LogP contribution in [0.25, 0.3) is 17.1 Å². The molecule has 3 rings (SSSR count). The molecule has 0 aliphatic heterocycles. The first kappa shape index (κ1) is 13.6. The number of tetrazole rings is 1. The van der Waals surface area contributed by atoms with Gasteiger partial charge in [0, 0.05) is 10.0 Å². The molecule has 0 amide bonds. The van der Waals surface area contributed by atoms with Crippen LogP contribution in [-0.4, -0.2) is 20.2 Å². The molecule has 106 valence electrons. The Morgan fingerprint density at radius 3 is 2.62 bits per heavy atom. The molecule has 1 heterocycles. The fraction of sp³-hybridized carbons (Fsp3) is 0. The first-order chi connectivity index (χ1) is 10.1. The zero-order valence-corrected chi connectivity index (χ0v) is 12.1. The van der Waals surface area contributed by atoms with E-state index in [0.717, 1.165) is 0 Å². The Bertz CT molecular complexity index is 818. The van der Waals surface area contributed by atoms with Gasteiger partial charge in [0.25, 0.3) is 0 Å². The molecule has 0 bridgehead atoms. The number of benzene rings is 2. The van der Waals surface area contributed by atoms with Gasteiger partial charge in [-0.25, -0.2) is 8.78 Å². The van der Waals surface area contributed by atoms with E-state index in [4.69, 9.17) is 5.73 Å². The highest BCUT2D eigenvalue weighted by Gasteiger charge is 2.14. The predicted molar refractivity (Wildman–Crippen MR) is 76.6 cm³/mol. The highest BCUT2D eigenvalue weighted by molar-refractivity contribution is 9.10. The van der Waals surface area contributed by atoms with E-state index in [-0.39, 0.29) is 5.69 Å². The summed E-state index contributed by atoms with van der Waals surface area (Å²) in [5.74, 6) is -0.625. The summed E-state index contributed by atoms with van der Waals surface area (Å²) in [6.07, 6.45) is 0. The van der Waals surface area contributed by atoms with Gasteiger partial charge in [0.1, 0.15) is 11.6 Å². The zero-order chi connectivity index (χ0) is 15.0. The summed E-state index contributed by atoms with van der Waals surface area (Å²) in [7, 11) is 0. The van der Waals surface area contributed by atoms with E-state index in [9.17, 15) is 8.78 Å². The second-order valence-electron chi connectivity index (χ2n) is 4.25. The summed E-state index contributed by atoms with van der Waals surface area (Å²) in [6.45, 7) is 0. The van der Waals surface area contributed by atoms with Crippen molar-refractivity contribution in [1.29, 1.82) is 0 Å². The molecule has 2 N–H and O–H groups in total. The summed E-state index contributed by atoms with van der Waals surface area (Å²) in [4.78, 5) is 0. The number of nitrogen functional groups attached to an aromatic ring is 1. The van der Waals surface area contributed by atoms with Gasteiger partial charge in [-0.3, -0.25) is 0 Å². The van der Waals surface area contributed by atoms with Crippen LogP contribution in [-0.2, 0) is 0 Å². The fourth-order valence-corrected chi connectivity index (χ4v) is 2.37. The molecule has 1 aromatic heterocycles. The first-order valence-corrected chi connectivity index (χ1v) is 6.65. The SMILES string of the molecule is Nc1ccc(-c2nnnn2-c2ccc(F)cc2Br)cc1F. The minimum atomic E-state index is -0.555. The molecule has 3 aromatic rings. The topological polar surface area (TPSA) is 69.6 Å². The Morgan fingerprint density at radius 2 is 1.90 bits per heavy atom. The molecule has 0 spiro atoms. The van der Waals surface area contributed by atoms with E-state index >= 15 is 0 Å². The van der Waals surface area contributed by atoms with E-state index in [1.165, 1.54) is 35.0 Å². The van der Waals surface area contributed by atoms with Crippen LogP contribution in [0.4, 0.5) is 14.5 Å². The maximum absolute atomic E-state index is 13.6. The van der Waals surface area contributed by atoms with Gasteiger partial charge in [-0.05, 0) is 62.8 Å². The zero-order valence-electron chi connectivity index (χ0n) is 10.5. The van der Waals surface area contributed by atoms with E-state index in [2.05, 4.69) is 31.5 Å². The molecule has 5 nitrogen and oxygen atoms in total. The van der Waals surface area contributed by atoms with Gasteiger partial charge < -0.3 is 5.73 Å². The van der Waals surface area contributed by atoms with Crippen LogP contribution < -0.4 is 5.73 Å². The lowest BCUT2D eigenvalue weighted by Crippen LogP contribution is -2.02. The molecule has 0 atom stereocenters. The number of aromatic nitrogens is 4. The number of nitrogens with zero attached hydrogens (tertiary/aromatic N) is 4. The second-order valence-corrected chi connectivity index (χ2v) is 5.10. The van der Waals surface area contributed by atoms with Crippen LogP contribution in [0.2, 0.25) is 0 Å². The molecule has 0 saturated carbocycles. The summed E-state index contributed by atoms with van der Waals surface area (Å²) >= 11 is 3.25. The van der Waals surface area contributed by atoms with Gasteiger partial charge in [-0.1, -0.05) is 0 Å². The largest absolute Gasteiger partial charge is 0.396 e. The third-order valence-corrected chi connectivity index (χ3v) is 3.50. The number of nitrogens with two attached hydrogens (primary N) is 1. The minimum absolute atomic E-state index is 0.0423. The quantitative estimate of drug-likeness (QED) is 0.720. The van der Waals surface area contributed by atoms with Crippen LogP contribution in [0, 0.1) is 11.6 Å². The summed E-state index contributed by atoms with van der Waals surface area (Å²) in [6, 6.07) is 8.39. The standard InChI is InChI=1S/C13H8BrF2N5/c14-9-6-8(15)2-4-12(9)21-13(18-19-20-21)7-1-3-11(17)10(16)5-7/h1-6H,17H2. The monoisotopic (exact) mass is 351 g/mol. The van der Waals surface area contributed by atoms with Crippen molar-refractivity contribution >= 4 is 21.6 Å². The van der Waals surface area contributed by atoms with E-state index < -0.39 is 11.6 Å². The van der Waals surface area contributed by atoms with Crippen molar-refractivity contribution in [3.05, 3.63) is 52.5 Å². The molecule has 0 aliphatic carbocycles. The Morgan fingerprint density at radius 1 is 1.10 bits per heavy atom. The van der Waals surface area contributed by atoms with Crippen LogP contribution in [0.1, 0.15) is 0 Å². The van der Waals surface area contributed by atoms with Crippen molar-refractivity contribution in [3.63, 3.8) is 0 Å². The highest BCUT2D eigenvalue weighted by atomic mass is 79.9. The van der Waals surface area contributed by atoms with Crippen LogP contribution in [0.15, 0.2) is 40.9 Å². The normalized spacial score (nSPS) is 10.8. The number of rotatable bonds is 2. The van der Waals surface area contributed by atoms with Crippen molar-refractivity contribution in [3.8, 4) is 17.1 Å². The Labute approximate surface area is 126 Å². The van der Waals surface area contributed by atoms with Crippen molar-refractivity contribution in [2.45, 2.75) is 0 Å². The van der Waals surface area contributed by atoms with Crippen LogP contribution in [0.3, 0.4) is 0 Å². The molecule has 0 radical (unpaired) electrons. The molecule has 0 aliphatic rings. The van der Waals surface area contributed by atoms with Gasteiger partial charge >= 0.3 is 0 Å². The molecule has 8 heteroatoms. The van der Waals surface area contributed by atoms with Gasteiger partial charge in [-0.2, -0.15) is 4.68 Å². The van der Waals surface area contributed by atoms with E-state index in [1.807, 2.05) is 0 Å². The molecule has 0 saturated heterocycles. The minimum Gasteiger partial charge on any atom is -0.396 e. The first-order valence-electron chi connectivity index (χ1n) is 5.85. The number of hydrogen-bond donors (Lipinski definition) is 1. The molecular weight excluding hydrogens is 344 g/mol. The van der Waals surface area contributed by atoms with Crippen molar-refractivity contribution in [2.24, 2.45) is 0 Å². The van der Waals surface area contributed by atoms with Crippen LogP contribution in [0.5, 0.6) is 0 Å². The highest BCUT2D eigenvalue weighted by Crippen LogP contribution is 2.27. The third kappa shape index (κ3) is 2.49. The van der Waals surface area contributed by atoms with Gasteiger partial charge in [0.05, 0.1) is 11.4 Å². The molecular formula is C13H8BrF2N5. The Hall–Kier alpha value is -2.35. The number of anilines is 1. The summed E-state index contributed by atoms with van der Waals surface area (Å²) in [5.41, 5.74) is 6.49. The lowest BCUT2D eigenvalue weighted by molar-refractivity contribution is 0.625. The Balaban J connectivity index is 2.14.